The number of nitrogen functional groups attached to an aromatic ring is 2. The summed E-state index contributed by atoms with van der Waals surface area (Å²) in [5, 5.41) is 0. The Morgan fingerprint density at radius 2 is 1.53 bits per heavy atom. The lowest BCUT2D eigenvalue weighted by atomic mass is 10.00. The Kier molecular flexibility index (Phi) is 3.46. The van der Waals surface area contributed by atoms with E-state index in [1.54, 1.807) is 42.5 Å². The van der Waals surface area contributed by atoms with Crippen molar-refractivity contribution in [3.05, 3.63) is 48.0 Å². The molecule has 0 bridgehead atoms. The highest BCUT2D eigenvalue weighted by molar-refractivity contribution is 7.85. The van der Waals surface area contributed by atoms with Crippen molar-refractivity contribution in [2.75, 3.05) is 11.5 Å². The zero-order valence-electron chi connectivity index (χ0n) is 10.1. The third-order valence-corrected chi connectivity index (χ3v) is 3.36. The van der Waals surface area contributed by atoms with Crippen LogP contribution in [0.2, 0.25) is 0 Å². The van der Waals surface area contributed by atoms with Crippen LogP contribution < -0.4 is 11.5 Å². The number of anilines is 2. The van der Waals surface area contributed by atoms with Crippen molar-refractivity contribution in [2.45, 2.75) is 5.75 Å². The molecule has 100 valence electrons. The molecule has 2 aromatic rings. The molecule has 0 amide bonds. The van der Waals surface area contributed by atoms with Crippen LogP contribution in [0.25, 0.3) is 11.1 Å². The van der Waals surface area contributed by atoms with E-state index in [1.807, 2.05) is 0 Å². The molecule has 2 rings (SSSR count). The fraction of sp³-hybridized carbons (Fsp3) is 0.0769. The minimum absolute atomic E-state index is 0.442. The minimum atomic E-state index is -4.11. The van der Waals surface area contributed by atoms with Crippen molar-refractivity contribution in [3.8, 4) is 11.1 Å². The highest BCUT2D eigenvalue weighted by atomic mass is 32.2. The molecule has 0 heterocycles. The van der Waals surface area contributed by atoms with E-state index in [0.29, 0.717) is 22.5 Å². The van der Waals surface area contributed by atoms with Crippen LogP contribution in [0, 0.1) is 0 Å². The lowest BCUT2D eigenvalue weighted by molar-refractivity contribution is 0.482. The van der Waals surface area contributed by atoms with Gasteiger partial charge in [0, 0.05) is 11.4 Å². The maximum absolute atomic E-state index is 11.0. The van der Waals surface area contributed by atoms with Crippen LogP contribution in [0.15, 0.2) is 42.5 Å². The van der Waals surface area contributed by atoms with E-state index in [2.05, 4.69) is 0 Å². The second kappa shape index (κ2) is 4.91. The van der Waals surface area contributed by atoms with Gasteiger partial charge < -0.3 is 11.5 Å². The first kappa shape index (κ1) is 13.4. The van der Waals surface area contributed by atoms with E-state index >= 15 is 0 Å². The maximum atomic E-state index is 11.0. The first-order valence-corrected chi connectivity index (χ1v) is 7.15. The second-order valence-corrected chi connectivity index (χ2v) is 5.72. The van der Waals surface area contributed by atoms with Gasteiger partial charge in [-0.05, 0) is 41.0 Å². The number of nitrogens with two attached hydrogens (primary N) is 2. The number of hydrogen-bond acceptors (Lipinski definition) is 4. The molecule has 0 aromatic heterocycles. The van der Waals surface area contributed by atoms with Gasteiger partial charge in [0.05, 0.1) is 0 Å². The van der Waals surface area contributed by atoms with Crippen molar-refractivity contribution >= 4 is 21.5 Å². The van der Waals surface area contributed by atoms with Crippen LogP contribution in [0.4, 0.5) is 11.4 Å². The summed E-state index contributed by atoms with van der Waals surface area (Å²) in [7, 11) is -4.11. The summed E-state index contributed by atoms with van der Waals surface area (Å²) in [6, 6.07) is 12.0. The van der Waals surface area contributed by atoms with E-state index in [-0.39, 0.29) is 0 Å². The Labute approximate surface area is 111 Å². The lowest BCUT2D eigenvalue weighted by Crippen LogP contribution is -2.04. The Balaban J connectivity index is 2.53. The smallest absolute Gasteiger partial charge is 0.269 e. The van der Waals surface area contributed by atoms with Gasteiger partial charge >= 0.3 is 0 Å². The van der Waals surface area contributed by atoms with E-state index in [4.69, 9.17) is 16.0 Å². The third kappa shape index (κ3) is 3.46. The number of benzene rings is 2. The van der Waals surface area contributed by atoms with Crippen molar-refractivity contribution in [2.24, 2.45) is 0 Å². The minimum Gasteiger partial charge on any atom is -0.399 e. The van der Waals surface area contributed by atoms with Crippen LogP contribution in [0.1, 0.15) is 5.56 Å². The predicted molar refractivity (Wildman–Crippen MR) is 76.0 cm³/mol. The van der Waals surface area contributed by atoms with Gasteiger partial charge in [0.2, 0.25) is 0 Å². The van der Waals surface area contributed by atoms with Crippen LogP contribution >= 0.6 is 0 Å². The van der Waals surface area contributed by atoms with Gasteiger partial charge in [0.1, 0.15) is 5.75 Å². The highest BCUT2D eigenvalue weighted by Crippen LogP contribution is 2.27. The summed E-state index contributed by atoms with van der Waals surface area (Å²) in [6.07, 6.45) is 0. The molecular weight excluding hydrogens is 264 g/mol. The summed E-state index contributed by atoms with van der Waals surface area (Å²) in [6.45, 7) is 0. The van der Waals surface area contributed by atoms with E-state index in [9.17, 15) is 8.42 Å². The molecule has 0 spiro atoms. The van der Waals surface area contributed by atoms with E-state index in [0.717, 1.165) is 5.56 Å². The first-order valence-electron chi connectivity index (χ1n) is 5.54. The summed E-state index contributed by atoms with van der Waals surface area (Å²) in [4.78, 5) is 0. The normalized spacial score (nSPS) is 11.4. The van der Waals surface area contributed by atoms with Gasteiger partial charge in [0.15, 0.2) is 0 Å². The Hall–Kier alpha value is -2.05. The van der Waals surface area contributed by atoms with Gasteiger partial charge in [-0.2, -0.15) is 8.42 Å². The molecule has 0 aliphatic heterocycles. The Bertz CT molecular complexity index is 694. The molecule has 5 nitrogen and oxygen atoms in total. The number of rotatable bonds is 3. The molecule has 0 aliphatic carbocycles. The van der Waals surface area contributed by atoms with Crippen molar-refractivity contribution in [3.63, 3.8) is 0 Å². The molecular formula is C13H14N2O3S. The monoisotopic (exact) mass is 278 g/mol. The van der Waals surface area contributed by atoms with E-state index < -0.39 is 15.9 Å². The molecule has 6 heteroatoms. The SMILES string of the molecule is Nc1ccc(-c2ccc(N)cc2CS(=O)(=O)O)cc1. The van der Waals surface area contributed by atoms with Gasteiger partial charge in [0.25, 0.3) is 10.1 Å². The standard InChI is InChI=1S/C13H14N2O3S/c14-11-3-1-9(2-4-11)13-6-5-12(15)7-10(13)8-19(16,17)18/h1-7H,8,14-15H2,(H,16,17,18). The molecule has 0 saturated heterocycles. The molecule has 19 heavy (non-hydrogen) atoms. The largest absolute Gasteiger partial charge is 0.399 e. The van der Waals surface area contributed by atoms with Gasteiger partial charge in [-0.1, -0.05) is 18.2 Å². The molecule has 0 unspecified atom stereocenters. The zero-order chi connectivity index (χ0) is 14.0. The highest BCUT2D eigenvalue weighted by Gasteiger charge is 2.12. The summed E-state index contributed by atoms with van der Waals surface area (Å²) in [5.41, 5.74) is 14.3. The van der Waals surface area contributed by atoms with Crippen LogP contribution in [0.3, 0.4) is 0 Å². The van der Waals surface area contributed by atoms with Gasteiger partial charge in [-0.3, -0.25) is 4.55 Å². The maximum Gasteiger partial charge on any atom is 0.269 e. The van der Waals surface area contributed by atoms with Crippen molar-refractivity contribution < 1.29 is 13.0 Å². The first-order chi connectivity index (χ1) is 8.85. The summed E-state index contributed by atoms with van der Waals surface area (Å²) in [5.74, 6) is -0.474. The molecule has 5 N–H and O–H groups in total. The average Bonchev–Trinajstić information content (AvgIpc) is 2.29. The van der Waals surface area contributed by atoms with Crippen LogP contribution in [0.5, 0.6) is 0 Å². The van der Waals surface area contributed by atoms with Crippen LogP contribution in [-0.4, -0.2) is 13.0 Å². The second-order valence-electron chi connectivity index (χ2n) is 4.26. The molecule has 0 saturated carbocycles. The molecule has 0 aliphatic rings. The Morgan fingerprint density at radius 3 is 2.11 bits per heavy atom. The van der Waals surface area contributed by atoms with E-state index in [1.165, 1.54) is 0 Å². The molecule has 0 atom stereocenters. The quantitative estimate of drug-likeness (QED) is 0.587. The lowest BCUT2D eigenvalue weighted by Gasteiger charge is -2.10. The van der Waals surface area contributed by atoms with Crippen molar-refractivity contribution in [1.82, 2.24) is 0 Å². The fourth-order valence-corrected chi connectivity index (χ4v) is 2.51. The van der Waals surface area contributed by atoms with Gasteiger partial charge in [-0.15, -0.1) is 0 Å². The Morgan fingerprint density at radius 1 is 0.947 bits per heavy atom. The molecule has 0 fully saturated rings. The number of hydrogen-bond donors (Lipinski definition) is 3. The summed E-state index contributed by atoms with van der Waals surface area (Å²) >= 11 is 0. The molecule has 2 aromatic carbocycles. The van der Waals surface area contributed by atoms with Gasteiger partial charge in [-0.25, -0.2) is 0 Å². The average molecular weight is 278 g/mol. The predicted octanol–water partition coefficient (Wildman–Crippen LogP) is 1.91. The zero-order valence-corrected chi connectivity index (χ0v) is 10.9. The van der Waals surface area contributed by atoms with Crippen molar-refractivity contribution in [1.29, 1.82) is 0 Å². The third-order valence-electron chi connectivity index (χ3n) is 2.69. The topological polar surface area (TPSA) is 106 Å². The molecule has 0 radical (unpaired) electrons. The summed E-state index contributed by atoms with van der Waals surface area (Å²) < 4.78 is 31.1. The fourth-order valence-electron chi connectivity index (χ4n) is 1.87. The van der Waals surface area contributed by atoms with Crippen LogP contribution in [-0.2, 0) is 15.9 Å².